The number of benzene rings is 1. The van der Waals surface area contributed by atoms with E-state index in [9.17, 15) is 5.11 Å². The van der Waals surface area contributed by atoms with Crippen LogP contribution in [-0.2, 0) is 0 Å². The van der Waals surface area contributed by atoms with Gasteiger partial charge < -0.3 is 10.8 Å². The predicted molar refractivity (Wildman–Crippen MR) is 71.6 cm³/mol. The van der Waals surface area contributed by atoms with E-state index in [1.807, 2.05) is 6.92 Å². The number of rotatable bonds is 4. The second kappa shape index (κ2) is 7.36. The van der Waals surface area contributed by atoms with Crippen LogP contribution in [0, 0.1) is 0 Å². The molecule has 1 aromatic carbocycles. The Hall–Kier alpha value is 0.01000. The third-order valence-electron chi connectivity index (χ3n) is 2.27. The number of hydrogen-bond donors (Lipinski definition) is 2. The number of hydrogen-bond acceptors (Lipinski definition) is 2. The molecule has 2 nitrogen and oxygen atoms in total. The highest BCUT2D eigenvalue weighted by molar-refractivity contribution is 6.34. The molecule has 0 radical (unpaired) electrons. The largest absolute Gasteiger partial charge is 0.391 e. The van der Waals surface area contributed by atoms with Crippen LogP contribution in [-0.4, -0.2) is 11.2 Å². The lowest BCUT2D eigenvalue weighted by molar-refractivity contribution is 0.134. The molecule has 2 atom stereocenters. The minimum absolute atomic E-state index is 0. The second-order valence-electron chi connectivity index (χ2n) is 3.58. The average Bonchev–Trinajstić information content (AvgIpc) is 2.15. The van der Waals surface area contributed by atoms with Gasteiger partial charge in [0.2, 0.25) is 0 Å². The molecule has 0 spiro atoms. The van der Waals surface area contributed by atoms with Gasteiger partial charge in [-0.3, -0.25) is 0 Å². The van der Waals surface area contributed by atoms with Crippen molar-refractivity contribution in [3.8, 4) is 0 Å². The van der Waals surface area contributed by atoms with Crippen LogP contribution in [0.25, 0.3) is 0 Å². The number of aliphatic hydroxyl groups is 1. The summed E-state index contributed by atoms with van der Waals surface area (Å²) in [4.78, 5) is 0. The molecule has 3 N–H and O–H groups in total. The fourth-order valence-corrected chi connectivity index (χ4v) is 2.01. The van der Waals surface area contributed by atoms with Crippen molar-refractivity contribution in [1.29, 1.82) is 0 Å². The summed E-state index contributed by atoms with van der Waals surface area (Å²) in [5.74, 6) is 0. The van der Waals surface area contributed by atoms with E-state index in [1.54, 1.807) is 18.2 Å². The summed E-state index contributed by atoms with van der Waals surface area (Å²) in [6, 6.07) is 4.68. The Morgan fingerprint density at radius 3 is 2.19 bits per heavy atom. The van der Waals surface area contributed by atoms with E-state index in [2.05, 4.69) is 0 Å². The first kappa shape index (κ1) is 16.0. The van der Waals surface area contributed by atoms with Gasteiger partial charge in [-0.25, -0.2) is 0 Å². The summed E-state index contributed by atoms with van der Waals surface area (Å²) in [5, 5.41) is 10.8. The first-order chi connectivity index (χ1) is 7.04. The van der Waals surface area contributed by atoms with Crippen molar-refractivity contribution in [2.45, 2.75) is 31.9 Å². The summed E-state index contributed by atoms with van der Waals surface area (Å²) in [7, 11) is 0. The molecule has 1 rings (SSSR count). The van der Waals surface area contributed by atoms with Crippen molar-refractivity contribution in [2.75, 3.05) is 0 Å². The van der Waals surface area contributed by atoms with E-state index >= 15 is 0 Å². The van der Waals surface area contributed by atoms with Crippen molar-refractivity contribution in [3.05, 3.63) is 33.8 Å². The molecule has 0 amide bonds. The maximum Gasteiger partial charge on any atom is 0.0732 e. The summed E-state index contributed by atoms with van der Waals surface area (Å²) in [6.45, 7) is 2.00. The van der Waals surface area contributed by atoms with Gasteiger partial charge in [0.1, 0.15) is 0 Å². The third kappa shape index (κ3) is 4.48. The summed E-state index contributed by atoms with van der Waals surface area (Å²) in [6.07, 6.45) is 1.01. The second-order valence-corrected chi connectivity index (χ2v) is 4.46. The highest BCUT2D eigenvalue weighted by Crippen LogP contribution is 2.25. The normalized spacial score (nSPS) is 14.1. The first-order valence-corrected chi connectivity index (χ1v) is 5.69. The molecular formula is C11H16Cl3NO. The Balaban J connectivity index is 0.00000225. The van der Waals surface area contributed by atoms with E-state index < -0.39 is 12.1 Å². The molecular weight excluding hydrogens is 268 g/mol. The van der Waals surface area contributed by atoms with Crippen LogP contribution < -0.4 is 5.73 Å². The molecule has 0 aliphatic heterocycles. The zero-order valence-corrected chi connectivity index (χ0v) is 11.3. The zero-order chi connectivity index (χ0) is 11.4. The lowest BCUT2D eigenvalue weighted by Gasteiger charge is -2.19. The topological polar surface area (TPSA) is 46.2 Å². The summed E-state index contributed by atoms with van der Waals surface area (Å²) < 4.78 is 0. The van der Waals surface area contributed by atoms with Crippen LogP contribution in [0.2, 0.25) is 10.0 Å². The van der Waals surface area contributed by atoms with E-state index in [1.165, 1.54) is 0 Å². The fourth-order valence-electron chi connectivity index (χ4n) is 1.47. The van der Waals surface area contributed by atoms with Crippen LogP contribution in [0.4, 0.5) is 0 Å². The van der Waals surface area contributed by atoms with Gasteiger partial charge in [-0.15, -0.1) is 12.4 Å². The molecule has 5 heteroatoms. The molecule has 0 saturated heterocycles. The van der Waals surface area contributed by atoms with E-state index in [0.29, 0.717) is 16.5 Å². The Kier molecular flexibility index (Phi) is 7.36. The van der Waals surface area contributed by atoms with Crippen molar-refractivity contribution in [1.82, 2.24) is 0 Å². The molecule has 0 bridgehead atoms. The van der Waals surface area contributed by atoms with Gasteiger partial charge in [-0.1, -0.05) is 36.5 Å². The molecule has 0 fully saturated rings. The van der Waals surface area contributed by atoms with E-state index in [4.69, 9.17) is 28.9 Å². The molecule has 0 aromatic heterocycles. The molecule has 0 unspecified atom stereocenters. The quantitative estimate of drug-likeness (QED) is 0.888. The highest BCUT2D eigenvalue weighted by Gasteiger charge is 2.16. The lowest BCUT2D eigenvalue weighted by Crippen LogP contribution is -2.25. The van der Waals surface area contributed by atoms with Crippen molar-refractivity contribution < 1.29 is 5.11 Å². The Morgan fingerprint density at radius 2 is 1.75 bits per heavy atom. The maximum absolute atomic E-state index is 9.74. The number of nitrogens with two attached hydrogens (primary N) is 1. The van der Waals surface area contributed by atoms with Gasteiger partial charge in [0.25, 0.3) is 0 Å². The minimum Gasteiger partial charge on any atom is -0.391 e. The first-order valence-electron chi connectivity index (χ1n) is 4.94. The average molecular weight is 285 g/mol. The summed E-state index contributed by atoms with van der Waals surface area (Å²) >= 11 is 11.7. The Bertz CT molecular complexity index is 313. The van der Waals surface area contributed by atoms with Crippen LogP contribution in [0.3, 0.4) is 0 Å². The highest BCUT2D eigenvalue weighted by atomic mass is 35.5. The van der Waals surface area contributed by atoms with Crippen LogP contribution in [0.1, 0.15) is 31.4 Å². The van der Waals surface area contributed by atoms with E-state index in [-0.39, 0.29) is 12.4 Å². The van der Waals surface area contributed by atoms with Gasteiger partial charge >= 0.3 is 0 Å². The molecule has 0 aliphatic rings. The molecule has 1 aromatic rings. The van der Waals surface area contributed by atoms with Gasteiger partial charge in [0.05, 0.1) is 12.1 Å². The number of aliphatic hydroxyl groups excluding tert-OH is 1. The molecule has 92 valence electrons. The predicted octanol–water partition coefficient (Wildman–Crippen LogP) is 3.58. The van der Waals surface area contributed by atoms with Crippen LogP contribution >= 0.6 is 35.6 Å². The minimum atomic E-state index is -0.551. The Labute approximate surface area is 112 Å². The van der Waals surface area contributed by atoms with Gasteiger partial charge in [0.15, 0.2) is 0 Å². The smallest absolute Gasteiger partial charge is 0.0732 e. The fraction of sp³-hybridized carbons (Fsp3) is 0.455. The van der Waals surface area contributed by atoms with Crippen LogP contribution in [0.15, 0.2) is 18.2 Å². The van der Waals surface area contributed by atoms with Gasteiger partial charge in [-0.05, 0) is 30.2 Å². The maximum atomic E-state index is 9.74. The van der Waals surface area contributed by atoms with Gasteiger partial charge in [0, 0.05) is 10.0 Å². The third-order valence-corrected chi connectivity index (χ3v) is 2.71. The monoisotopic (exact) mass is 283 g/mol. The zero-order valence-electron chi connectivity index (χ0n) is 8.99. The SMILES string of the molecule is CCC[C@@H](O)[C@@H](N)c1cc(Cl)cc(Cl)c1.Cl. The molecule has 0 aliphatic carbocycles. The van der Waals surface area contributed by atoms with Crippen molar-refractivity contribution >= 4 is 35.6 Å². The van der Waals surface area contributed by atoms with Gasteiger partial charge in [-0.2, -0.15) is 0 Å². The Morgan fingerprint density at radius 1 is 1.25 bits per heavy atom. The van der Waals surface area contributed by atoms with Crippen molar-refractivity contribution in [3.63, 3.8) is 0 Å². The van der Waals surface area contributed by atoms with Crippen LogP contribution in [0.5, 0.6) is 0 Å². The lowest BCUT2D eigenvalue weighted by atomic mass is 9.99. The standard InChI is InChI=1S/C11H15Cl2NO.ClH/c1-2-3-10(15)11(14)7-4-8(12)6-9(13)5-7;/h4-6,10-11,15H,2-3,14H2,1H3;1H/t10-,11+;/m1./s1. The summed E-state index contributed by atoms with van der Waals surface area (Å²) in [5.41, 5.74) is 6.67. The number of halogens is 3. The van der Waals surface area contributed by atoms with E-state index in [0.717, 1.165) is 12.0 Å². The molecule has 16 heavy (non-hydrogen) atoms. The molecule has 0 heterocycles. The molecule has 0 saturated carbocycles. The van der Waals surface area contributed by atoms with Crippen molar-refractivity contribution in [2.24, 2.45) is 5.73 Å².